The van der Waals surface area contributed by atoms with Crippen LogP contribution in [0.25, 0.3) is 11.4 Å². The van der Waals surface area contributed by atoms with Crippen molar-refractivity contribution in [1.82, 2.24) is 24.2 Å². The first-order chi connectivity index (χ1) is 15.4. The Hall–Kier alpha value is -2.98. The van der Waals surface area contributed by atoms with Gasteiger partial charge in [-0.15, -0.1) is 6.58 Å². The first-order valence-corrected chi connectivity index (χ1v) is 10.6. The number of rotatable bonds is 6. The van der Waals surface area contributed by atoms with Crippen molar-refractivity contribution in [3.05, 3.63) is 71.8 Å². The normalized spacial score (nSPS) is 15.2. The molecule has 1 aliphatic rings. The molecule has 0 saturated carbocycles. The molecule has 168 valence electrons. The van der Waals surface area contributed by atoms with Crippen molar-refractivity contribution in [2.45, 2.75) is 19.4 Å². The van der Waals surface area contributed by atoms with Crippen molar-refractivity contribution >= 4 is 17.9 Å². The van der Waals surface area contributed by atoms with Crippen molar-refractivity contribution in [1.29, 1.82) is 0 Å². The third kappa shape index (κ3) is 4.76. The third-order valence-electron chi connectivity index (χ3n) is 5.42. The summed E-state index contributed by atoms with van der Waals surface area (Å²) in [6.07, 6.45) is 0.858. The van der Waals surface area contributed by atoms with Crippen LogP contribution in [0.3, 0.4) is 0 Å². The molecule has 0 atom stereocenters. The van der Waals surface area contributed by atoms with Crippen molar-refractivity contribution in [3.63, 3.8) is 0 Å². The molecule has 3 heterocycles. The second-order valence-electron chi connectivity index (χ2n) is 7.54. The van der Waals surface area contributed by atoms with Crippen LogP contribution in [-0.2, 0) is 19.4 Å². The number of alkyl halides is 3. The molecule has 2 aromatic heterocycles. The van der Waals surface area contributed by atoms with E-state index in [0.717, 1.165) is 17.5 Å². The maximum absolute atomic E-state index is 13.0. The molecule has 32 heavy (non-hydrogen) atoms. The number of piperazine rings is 1. The molecule has 10 heteroatoms. The van der Waals surface area contributed by atoms with Gasteiger partial charge in [0.1, 0.15) is 0 Å². The largest absolute Gasteiger partial charge is 0.416 e. The molecule has 0 bridgehead atoms. The maximum atomic E-state index is 13.0. The summed E-state index contributed by atoms with van der Waals surface area (Å²) in [6, 6.07) is 9.25. The summed E-state index contributed by atoms with van der Waals surface area (Å²) in [5, 5.41) is 4.73. The Balaban J connectivity index is 1.47. The van der Waals surface area contributed by atoms with Crippen molar-refractivity contribution < 1.29 is 13.2 Å². The molecule has 3 aromatic rings. The van der Waals surface area contributed by atoms with Gasteiger partial charge in [-0.2, -0.15) is 18.3 Å². The zero-order chi connectivity index (χ0) is 22.7. The molecule has 4 rings (SSSR count). The molecule has 6 nitrogen and oxygen atoms in total. The van der Waals surface area contributed by atoms with E-state index in [2.05, 4.69) is 16.5 Å². The number of allylic oxidation sites excluding steroid dienone is 1. The fraction of sp³-hybridized carbons (Fsp3) is 0.318. The number of hydrogen-bond donors (Lipinski definition) is 0. The van der Waals surface area contributed by atoms with Crippen LogP contribution in [0.1, 0.15) is 5.56 Å². The third-order valence-corrected chi connectivity index (χ3v) is 5.85. The molecule has 0 N–H and O–H groups in total. The fourth-order valence-corrected chi connectivity index (χ4v) is 4.02. The van der Waals surface area contributed by atoms with Crippen molar-refractivity contribution in [2.75, 3.05) is 31.1 Å². The predicted molar refractivity (Wildman–Crippen MR) is 120 cm³/mol. The van der Waals surface area contributed by atoms with E-state index in [-0.39, 0.29) is 0 Å². The molecule has 1 saturated heterocycles. The van der Waals surface area contributed by atoms with Gasteiger partial charge in [-0.1, -0.05) is 12.1 Å². The van der Waals surface area contributed by atoms with Gasteiger partial charge in [0.2, 0.25) is 0 Å². The second-order valence-corrected chi connectivity index (χ2v) is 7.90. The Morgan fingerprint density at radius 1 is 1.06 bits per heavy atom. The molecular formula is C22H23F3N6S. The van der Waals surface area contributed by atoms with Crippen LogP contribution in [0.15, 0.2) is 61.4 Å². The standard InChI is InChI=1S/C22H23F3N6S/c1-2-10-30-20(17-6-8-26-9-7-17)27-31(21(30)32)16-28-11-13-29(14-12-28)19-5-3-4-18(15-19)22(23,24)25/h2-9,15H,1,10-14,16H2. The van der Waals surface area contributed by atoms with E-state index < -0.39 is 11.7 Å². The van der Waals surface area contributed by atoms with Crippen LogP contribution in [0, 0.1) is 4.77 Å². The molecule has 0 unspecified atom stereocenters. The van der Waals surface area contributed by atoms with Gasteiger partial charge < -0.3 is 4.90 Å². The predicted octanol–water partition coefficient (Wildman–Crippen LogP) is 4.46. The highest BCUT2D eigenvalue weighted by Gasteiger charge is 2.31. The number of anilines is 1. The Kier molecular flexibility index (Phi) is 6.43. The van der Waals surface area contributed by atoms with Gasteiger partial charge in [0.05, 0.1) is 12.2 Å². The number of pyridine rings is 1. The maximum Gasteiger partial charge on any atom is 0.416 e. The summed E-state index contributed by atoms with van der Waals surface area (Å²) in [6.45, 7) is 7.50. The summed E-state index contributed by atoms with van der Waals surface area (Å²) >= 11 is 5.65. The Morgan fingerprint density at radius 3 is 2.44 bits per heavy atom. The summed E-state index contributed by atoms with van der Waals surface area (Å²) < 4.78 is 43.4. The zero-order valence-electron chi connectivity index (χ0n) is 17.4. The van der Waals surface area contributed by atoms with E-state index in [1.165, 1.54) is 12.1 Å². The van der Waals surface area contributed by atoms with Crippen LogP contribution in [0.5, 0.6) is 0 Å². The van der Waals surface area contributed by atoms with Crippen LogP contribution < -0.4 is 4.90 Å². The molecule has 0 radical (unpaired) electrons. The molecule has 1 aromatic carbocycles. The van der Waals surface area contributed by atoms with E-state index >= 15 is 0 Å². The molecule has 0 amide bonds. The summed E-state index contributed by atoms with van der Waals surface area (Å²) in [5.74, 6) is 0.750. The van der Waals surface area contributed by atoms with E-state index in [0.29, 0.717) is 49.9 Å². The lowest BCUT2D eigenvalue weighted by Gasteiger charge is -2.36. The molecule has 1 fully saturated rings. The summed E-state index contributed by atoms with van der Waals surface area (Å²) in [7, 11) is 0. The van der Waals surface area contributed by atoms with Gasteiger partial charge in [0, 0.05) is 56.4 Å². The minimum atomic E-state index is -4.34. The lowest BCUT2D eigenvalue weighted by molar-refractivity contribution is -0.137. The first-order valence-electron chi connectivity index (χ1n) is 10.2. The SMILES string of the molecule is C=CCn1c(-c2ccncc2)nn(CN2CCN(c3cccc(C(F)(F)F)c3)CC2)c1=S. The van der Waals surface area contributed by atoms with Crippen LogP contribution in [-0.4, -0.2) is 50.4 Å². The van der Waals surface area contributed by atoms with Crippen LogP contribution in [0.2, 0.25) is 0 Å². The smallest absolute Gasteiger partial charge is 0.369 e. The van der Waals surface area contributed by atoms with Gasteiger partial charge in [-0.25, -0.2) is 4.68 Å². The highest BCUT2D eigenvalue weighted by molar-refractivity contribution is 7.71. The van der Waals surface area contributed by atoms with Crippen LogP contribution >= 0.6 is 12.2 Å². The number of halogens is 3. The molecule has 1 aliphatic heterocycles. The molecular weight excluding hydrogens is 437 g/mol. The van der Waals surface area contributed by atoms with E-state index in [9.17, 15) is 13.2 Å². The number of aromatic nitrogens is 4. The van der Waals surface area contributed by atoms with Crippen LogP contribution in [0.4, 0.5) is 18.9 Å². The van der Waals surface area contributed by atoms with E-state index in [1.54, 1.807) is 29.2 Å². The highest BCUT2D eigenvalue weighted by Crippen LogP contribution is 2.32. The highest BCUT2D eigenvalue weighted by atomic mass is 32.1. The van der Waals surface area contributed by atoms with Gasteiger partial charge >= 0.3 is 6.18 Å². The lowest BCUT2D eigenvalue weighted by Crippen LogP contribution is -2.47. The van der Waals surface area contributed by atoms with Gasteiger partial charge in [0.15, 0.2) is 10.6 Å². The van der Waals surface area contributed by atoms with Crippen molar-refractivity contribution in [2.24, 2.45) is 0 Å². The quantitative estimate of drug-likeness (QED) is 0.401. The van der Waals surface area contributed by atoms with E-state index in [1.807, 2.05) is 21.6 Å². The van der Waals surface area contributed by atoms with Gasteiger partial charge in [0.25, 0.3) is 0 Å². The average molecular weight is 461 g/mol. The lowest BCUT2D eigenvalue weighted by atomic mass is 10.1. The summed E-state index contributed by atoms with van der Waals surface area (Å²) in [5.41, 5.74) is 0.882. The first kappa shape index (κ1) is 22.2. The minimum Gasteiger partial charge on any atom is -0.369 e. The minimum absolute atomic E-state index is 0.511. The van der Waals surface area contributed by atoms with Crippen molar-refractivity contribution in [3.8, 4) is 11.4 Å². The second kappa shape index (κ2) is 9.25. The van der Waals surface area contributed by atoms with Gasteiger partial charge in [-0.05, 0) is 42.5 Å². The Bertz CT molecular complexity index is 1130. The number of benzene rings is 1. The average Bonchev–Trinajstić information content (AvgIpc) is 3.10. The number of nitrogens with zero attached hydrogens (tertiary/aromatic N) is 6. The fourth-order valence-electron chi connectivity index (χ4n) is 3.76. The Labute approximate surface area is 189 Å². The van der Waals surface area contributed by atoms with E-state index in [4.69, 9.17) is 17.3 Å². The Morgan fingerprint density at radius 2 is 1.78 bits per heavy atom. The summed E-state index contributed by atoms with van der Waals surface area (Å²) in [4.78, 5) is 8.23. The molecule has 0 aliphatic carbocycles. The zero-order valence-corrected chi connectivity index (χ0v) is 18.2. The van der Waals surface area contributed by atoms with Gasteiger partial charge in [-0.3, -0.25) is 14.5 Å². The number of hydrogen-bond acceptors (Lipinski definition) is 5. The molecule has 0 spiro atoms. The monoisotopic (exact) mass is 460 g/mol. The topological polar surface area (TPSA) is 42.1 Å².